The van der Waals surface area contributed by atoms with Gasteiger partial charge in [0.05, 0.1) is 36.3 Å². The van der Waals surface area contributed by atoms with Gasteiger partial charge in [0.25, 0.3) is 0 Å². The van der Waals surface area contributed by atoms with E-state index in [1.807, 2.05) is 0 Å². The van der Waals surface area contributed by atoms with E-state index in [2.05, 4.69) is 177 Å². The van der Waals surface area contributed by atoms with Gasteiger partial charge < -0.3 is 5.84 Å². The third kappa shape index (κ3) is 23.0. The zero-order chi connectivity index (χ0) is 26.2. The van der Waals surface area contributed by atoms with Gasteiger partial charge >= 0.3 is 0 Å². The topological polar surface area (TPSA) is 398 Å². The molecule has 0 saturated heterocycles. The van der Waals surface area contributed by atoms with Gasteiger partial charge in [0.15, 0.2) is 0 Å². The van der Waals surface area contributed by atoms with E-state index < -0.39 is 0 Å². The lowest BCUT2D eigenvalue weighted by molar-refractivity contribution is 0.544. The molecule has 30 nitrogen and oxygen atoms in total. The lowest BCUT2D eigenvalue weighted by atomic mass is 10.9. The van der Waals surface area contributed by atoms with Crippen molar-refractivity contribution in [3.8, 4) is 36.3 Å². The summed E-state index contributed by atoms with van der Waals surface area (Å²) in [6, 6.07) is 12.7. The van der Waals surface area contributed by atoms with Crippen LogP contribution in [0.2, 0.25) is 0 Å². The maximum atomic E-state index is 6.29. The third-order valence-corrected chi connectivity index (χ3v) is 1.57. The zero-order valence-electron chi connectivity index (χ0n) is 16.7. The van der Waals surface area contributed by atoms with Crippen LogP contribution in [-0.2, 0) is 0 Å². The van der Waals surface area contributed by atoms with E-state index in [4.69, 9.17) is 11.1 Å². The summed E-state index contributed by atoms with van der Waals surface area (Å²) in [4.78, 5) is 0. The minimum atomic E-state index is 0.648. The van der Waals surface area contributed by atoms with Gasteiger partial charge in [0.1, 0.15) is 0 Å². The standard InChI is InChI=1S/C6H4N30/c7-14-21-17-10-1-2-11-20-34-35-36(5-3-12-18-24-28-32-30-26-22-15-8)6-4-13-19-25-29-33-31-27-23-16-9/h8-9H,(H2,7,10,21). The monoisotopic (exact) mass is 496 g/mol. The Morgan fingerprint density at radius 2 is 0.778 bits per heavy atom. The molecular weight excluding hydrogens is 492 g/mol. The molecule has 0 amide bonds. The van der Waals surface area contributed by atoms with Crippen molar-refractivity contribution >= 4 is 0 Å². The summed E-state index contributed by atoms with van der Waals surface area (Å²) in [6.07, 6.45) is 0. The second-order valence-electron chi connectivity index (χ2n) is 3.40. The molecule has 0 aromatic rings. The maximum absolute atomic E-state index is 6.29. The van der Waals surface area contributed by atoms with E-state index in [9.17, 15) is 0 Å². The van der Waals surface area contributed by atoms with Crippen LogP contribution < -0.4 is 5.84 Å². The van der Waals surface area contributed by atoms with Crippen LogP contribution in [0.25, 0.3) is 0 Å². The molecule has 0 unspecified atom stereocenters. The number of rotatable bonds is 11. The maximum Gasteiger partial charge on any atom is 0.0868 e. The molecule has 0 heterocycles. The van der Waals surface area contributed by atoms with E-state index in [0.29, 0.717) is 5.01 Å². The van der Waals surface area contributed by atoms with Gasteiger partial charge in [-0.2, -0.15) is 11.1 Å². The molecule has 178 valence electrons. The van der Waals surface area contributed by atoms with Crippen molar-refractivity contribution in [2.75, 3.05) is 0 Å². The van der Waals surface area contributed by atoms with Crippen LogP contribution >= 0.6 is 0 Å². The average Bonchev–Trinajstić information content (AvgIpc) is 2.89. The van der Waals surface area contributed by atoms with Crippen LogP contribution in [0.15, 0.2) is 135 Å². The fourth-order valence-corrected chi connectivity index (χ4v) is 0.726. The van der Waals surface area contributed by atoms with Gasteiger partial charge in [-0.15, -0.1) is 5.01 Å². The van der Waals surface area contributed by atoms with Crippen molar-refractivity contribution in [1.29, 1.82) is 11.1 Å². The molecule has 0 aliphatic carbocycles. The number of nitrogens with two attached hydrogens (primary N) is 1. The van der Waals surface area contributed by atoms with Gasteiger partial charge in [-0.3, -0.25) is 0 Å². The highest BCUT2D eigenvalue weighted by atomic mass is 15.7. The van der Waals surface area contributed by atoms with Gasteiger partial charge in [-0.05, 0) is 110 Å². The van der Waals surface area contributed by atoms with Crippen molar-refractivity contribution in [2.45, 2.75) is 0 Å². The highest BCUT2D eigenvalue weighted by Crippen LogP contribution is 1.90. The number of hydrogen-bond donors (Lipinski definition) is 3. The zero-order valence-corrected chi connectivity index (χ0v) is 16.7. The van der Waals surface area contributed by atoms with E-state index >= 15 is 0 Å². The Morgan fingerprint density at radius 1 is 0.417 bits per heavy atom. The van der Waals surface area contributed by atoms with Crippen LogP contribution in [0.1, 0.15) is 0 Å². The summed E-state index contributed by atoms with van der Waals surface area (Å²) in [5.74, 6) is 4.68. The molecule has 0 fully saturated rings. The average molecular weight is 496 g/mol. The highest BCUT2D eigenvalue weighted by Gasteiger charge is 1.89. The molecule has 0 aromatic carbocycles. The first kappa shape index (κ1) is 28.7. The Kier molecular flexibility index (Phi) is 20.5. The van der Waals surface area contributed by atoms with Crippen LogP contribution in [-0.4, -0.2) is 5.01 Å². The summed E-state index contributed by atoms with van der Waals surface area (Å²) in [6.45, 7) is 0. The van der Waals surface area contributed by atoms with Crippen molar-refractivity contribution < 1.29 is 0 Å². The first-order chi connectivity index (χ1) is 17.8. The molecule has 4 N–H and O–H groups in total. The summed E-state index contributed by atoms with van der Waals surface area (Å²) in [5.41, 5.74) is 12.6. The molecule has 0 aliphatic heterocycles. The van der Waals surface area contributed by atoms with Gasteiger partial charge in [-0.25, -0.2) is 0 Å². The minimum absolute atomic E-state index is 0.648. The Balaban J connectivity index is 5.15. The molecule has 36 heavy (non-hydrogen) atoms. The fourth-order valence-electron chi connectivity index (χ4n) is 0.726. The van der Waals surface area contributed by atoms with E-state index in [0.717, 1.165) is 0 Å². The van der Waals surface area contributed by atoms with E-state index in [-0.39, 0.29) is 0 Å². The van der Waals surface area contributed by atoms with Crippen LogP contribution in [0, 0.1) is 47.3 Å². The second-order valence-corrected chi connectivity index (χ2v) is 3.40. The van der Waals surface area contributed by atoms with Crippen LogP contribution in [0.4, 0.5) is 0 Å². The molecule has 0 bridgehead atoms. The second kappa shape index (κ2) is 25.7. The lowest BCUT2D eigenvalue weighted by Crippen LogP contribution is -1.99. The first-order valence-corrected chi connectivity index (χ1v) is 7.40. The molecule has 30 heteroatoms. The number of nitrogens with zero attached hydrogens (tertiary/aromatic N) is 27. The molecule has 0 radical (unpaired) electrons. The van der Waals surface area contributed by atoms with Crippen molar-refractivity contribution in [3.05, 3.63) is 0 Å². The summed E-state index contributed by atoms with van der Waals surface area (Å²) >= 11 is 0. The lowest BCUT2D eigenvalue weighted by Gasteiger charge is -1.93. The molecule has 0 rings (SSSR count). The van der Waals surface area contributed by atoms with Crippen LogP contribution in [0.3, 0.4) is 0 Å². The molecule has 0 saturated carbocycles. The normalized spacial score (nSPS) is 12.4. The van der Waals surface area contributed by atoms with Crippen LogP contribution in [0.5, 0.6) is 0 Å². The summed E-state index contributed by atoms with van der Waals surface area (Å²) < 4.78 is 0. The van der Waals surface area contributed by atoms with Crippen molar-refractivity contribution in [2.24, 2.45) is 141 Å². The Morgan fingerprint density at radius 3 is 1.22 bits per heavy atom. The largest absolute Gasteiger partial charge is 0.303 e. The smallest absolute Gasteiger partial charge is 0.0868 e. The van der Waals surface area contributed by atoms with Gasteiger partial charge in [0.2, 0.25) is 0 Å². The van der Waals surface area contributed by atoms with Crippen molar-refractivity contribution in [1.82, 2.24) is 5.01 Å². The van der Waals surface area contributed by atoms with Gasteiger partial charge in [0, 0.05) is 0 Å². The minimum Gasteiger partial charge on any atom is -0.303 e. The predicted octanol–water partition coefficient (Wildman–Crippen LogP) is 4.47. The molecule has 0 aliphatic rings. The first-order valence-electron chi connectivity index (χ1n) is 7.40. The Bertz CT molecular complexity index is 1130. The summed E-state index contributed by atoms with van der Waals surface area (Å²) in [5, 5.41) is 79.0. The number of nitrogens with one attached hydrogen (secondary N) is 2. The summed E-state index contributed by atoms with van der Waals surface area (Å²) in [7, 11) is 0. The SMILES string of the molecule is N=NN=NN=NN=NN=NC#CN(C#CN=NN=NN=NN=NN=N)N=NN=NC#CN=NN=NN. The predicted molar refractivity (Wildman–Crippen MR) is 97.9 cm³/mol. The molecule has 0 aromatic heterocycles. The van der Waals surface area contributed by atoms with E-state index in [1.165, 1.54) is 0 Å². The Hall–Kier alpha value is -7.32. The third-order valence-electron chi connectivity index (χ3n) is 1.57. The quantitative estimate of drug-likeness (QED) is 0.122. The molecule has 0 atom stereocenters. The molecule has 0 spiro atoms. The van der Waals surface area contributed by atoms with Gasteiger partial charge in [-0.1, -0.05) is 25.7 Å². The Labute approximate surface area is 194 Å². The molecular formula is C6H4N30. The number of hydrogen-bond acceptors (Lipinski definition) is 8. The van der Waals surface area contributed by atoms with E-state index in [1.54, 1.807) is 0 Å². The fraction of sp³-hybridized carbons (Fsp3) is 0. The highest BCUT2D eigenvalue weighted by molar-refractivity contribution is 5.06. The van der Waals surface area contributed by atoms with Crippen molar-refractivity contribution in [3.63, 3.8) is 0 Å².